The standard InChI is InChI=1S/C16H26N2/c1-4-18-7-5-6-16(12-18)17-11-15-9-13(2)8-14(3)10-15/h8-10,16-17H,4-7,11-12H2,1-3H3. The fourth-order valence-corrected chi connectivity index (χ4v) is 2.94. The van der Waals surface area contributed by atoms with Gasteiger partial charge in [0.2, 0.25) is 0 Å². The molecule has 1 saturated heterocycles. The SMILES string of the molecule is CCN1CCCC(NCc2cc(C)cc(C)c2)C1. The number of hydrogen-bond acceptors (Lipinski definition) is 2. The minimum absolute atomic E-state index is 0.666. The Morgan fingerprint density at radius 2 is 1.94 bits per heavy atom. The molecule has 0 radical (unpaired) electrons. The van der Waals surface area contributed by atoms with Gasteiger partial charge in [0.05, 0.1) is 0 Å². The van der Waals surface area contributed by atoms with E-state index >= 15 is 0 Å². The van der Waals surface area contributed by atoms with Crippen LogP contribution in [0.1, 0.15) is 36.5 Å². The molecular weight excluding hydrogens is 220 g/mol. The second kappa shape index (κ2) is 6.35. The lowest BCUT2D eigenvalue weighted by molar-refractivity contribution is 0.198. The van der Waals surface area contributed by atoms with E-state index in [4.69, 9.17) is 0 Å². The van der Waals surface area contributed by atoms with Gasteiger partial charge in [-0.3, -0.25) is 0 Å². The first-order valence-electron chi connectivity index (χ1n) is 7.20. The topological polar surface area (TPSA) is 15.3 Å². The maximum absolute atomic E-state index is 3.71. The molecule has 2 nitrogen and oxygen atoms in total. The largest absolute Gasteiger partial charge is 0.309 e. The molecule has 1 aromatic rings. The van der Waals surface area contributed by atoms with E-state index in [0.29, 0.717) is 6.04 Å². The summed E-state index contributed by atoms with van der Waals surface area (Å²) in [5, 5.41) is 3.71. The third-order valence-corrected chi connectivity index (χ3v) is 3.83. The number of likely N-dealkylation sites (N-methyl/N-ethyl adjacent to an activating group) is 1. The Morgan fingerprint density at radius 1 is 1.22 bits per heavy atom. The molecule has 2 rings (SSSR count). The molecule has 1 N–H and O–H groups in total. The van der Waals surface area contributed by atoms with E-state index in [1.165, 1.54) is 49.2 Å². The summed E-state index contributed by atoms with van der Waals surface area (Å²) in [5.41, 5.74) is 4.15. The summed E-state index contributed by atoms with van der Waals surface area (Å²) in [6.07, 6.45) is 2.65. The second-order valence-electron chi connectivity index (χ2n) is 5.61. The van der Waals surface area contributed by atoms with Crippen molar-refractivity contribution in [2.24, 2.45) is 0 Å². The maximum atomic E-state index is 3.71. The van der Waals surface area contributed by atoms with Crippen LogP contribution in [0.5, 0.6) is 0 Å². The van der Waals surface area contributed by atoms with Crippen LogP contribution in [0.2, 0.25) is 0 Å². The van der Waals surface area contributed by atoms with E-state index in [1.807, 2.05) is 0 Å². The normalized spacial score (nSPS) is 21.2. The van der Waals surface area contributed by atoms with Crippen LogP contribution in [0.3, 0.4) is 0 Å². The number of benzene rings is 1. The molecule has 0 saturated carbocycles. The first kappa shape index (κ1) is 13.6. The molecule has 1 aliphatic rings. The molecule has 0 aliphatic carbocycles. The van der Waals surface area contributed by atoms with E-state index in [2.05, 4.69) is 49.2 Å². The van der Waals surface area contributed by atoms with Gasteiger partial charge in [-0.15, -0.1) is 0 Å². The van der Waals surface area contributed by atoms with Crippen molar-refractivity contribution < 1.29 is 0 Å². The first-order chi connectivity index (χ1) is 8.67. The third kappa shape index (κ3) is 3.82. The van der Waals surface area contributed by atoms with E-state index in [9.17, 15) is 0 Å². The molecule has 18 heavy (non-hydrogen) atoms. The van der Waals surface area contributed by atoms with Crippen LogP contribution >= 0.6 is 0 Å². The van der Waals surface area contributed by atoms with Crippen LogP contribution in [0, 0.1) is 13.8 Å². The maximum Gasteiger partial charge on any atom is 0.0208 e. The summed E-state index contributed by atoms with van der Waals surface area (Å²) in [6, 6.07) is 7.49. The molecule has 0 spiro atoms. The predicted octanol–water partition coefficient (Wildman–Crippen LogP) is 2.88. The summed E-state index contributed by atoms with van der Waals surface area (Å²) in [4.78, 5) is 2.54. The fourth-order valence-electron chi connectivity index (χ4n) is 2.94. The van der Waals surface area contributed by atoms with Crippen LogP contribution in [0.25, 0.3) is 0 Å². The van der Waals surface area contributed by atoms with Crippen molar-refractivity contribution >= 4 is 0 Å². The van der Waals surface area contributed by atoms with Gasteiger partial charge in [-0.2, -0.15) is 0 Å². The van der Waals surface area contributed by atoms with Crippen LogP contribution in [0.15, 0.2) is 18.2 Å². The van der Waals surface area contributed by atoms with Gasteiger partial charge in [-0.1, -0.05) is 36.2 Å². The highest BCUT2D eigenvalue weighted by atomic mass is 15.2. The Labute approximate surface area is 111 Å². The summed E-state index contributed by atoms with van der Waals surface area (Å²) in [6.45, 7) is 11.3. The zero-order valence-corrected chi connectivity index (χ0v) is 12.0. The van der Waals surface area contributed by atoms with Gasteiger partial charge in [-0.25, -0.2) is 0 Å². The minimum Gasteiger partial charge on any atom is -0.309 e. The Morgan fingerprint density at radius 3 is 2.61 bits per heavy atom. The second-order valence-corrected chi connectivity index (χ2v) is 5.61. The van der Waals surface area contributed by atoms with E-state index in [0.717, 1.165) is 6.54 Å². The summed E-state index contributed by atoms with van der Waals surface area (Å²) >= 11 is 0. The first-order valence-corrected chi connectivity index (χ1v) is 7.20. The van der Waals surface area contributed by atoms with E-state index < -0.39 is 0 Å². The van der Waals surface area contributed by atoms with E-state index in [1.54, 1.807) is 0 Å². The Bertz CT molecular complexity index is 366. The van der Waals surface area contributed by atoms with Gasteiger partial charge in [-0.05, 0) is 45.3 Å². The van der Waals surface area contributed by atoms with Gasteiger partial charge in [0, 0.05) is 19.1 Å². The smallest absolute Gasteiger partial charge is 0.0208 e. The highest BCUT2D eigenvalue weighted by Crippen LogP contribution is 2.12. The van der Waals surface area contributed by atoms with Gasteiger partial charge in [0.15, 0.2) is 0 Å². The van der Waals surface area contributed by atoms with Crippen molar-refractivity contribution in [1.82, 2.24) is 10.2 Å². The van der Waals surface area contributed by atoms with Crippen molar-refractivity contribution in [2.75, 3.05) is 19.6 Å². The molecule has 1 aliphatic heterocycles. The van der Waals surface area contributed by atoms with Crippen molar-refractivity contribution in [2.45, 2.75) is 46.2 Å². The highest BCUT2D eigenvalue weighted by molar-refractivity contribution is 5.28. The lowest BCUT2D eigenvalue weighted by atomic mass is 10.0. The molecule has 0 amide bonds. The average Bonchev–Trinajstić information content (AvgIpc) is 2.35. The van der Waals surface area contributed by atoms with Crippen molar-refractivity contribution in [3.05, 3.63) is 34.9 Å². The van der Waals surface area contributed by atoms with Gasteiger partial charge < -0.3 is 10.2 Å². The molecule has 1 heterocycles. The monoisotopic (exact) mass is 246 g/mol. The number of nitrogens with zero attached hydrogens (tertiary/aromatic N) is 1. The molecule has 1 fully saturated rings. The quantitative estimate of drug-likeness (QED) is 0.879. The number of likely N-dealkylation sites (tertiary alicyclic amines) is 1. The summed E-state index contributed by atoms with van der Waals surface area (Å²) < 4.78 is 0. The van der Waals surface area contributed by atoms with Crippen molar-refractivity contribution in [3.8, 4) is 0 Å². The molecule has 0 aromatic heterocycles. The Hall–Kier alpha value is -0.860. The average molecular weight is 246 g/mol. The number of rotatable bonds is 4. The van der Waals surface area contributed by atoms with Crippen LogP contribution in [-0.2, 0) is 6.54 Å². The molecule has 1 atom stereocenters. The molecule has 2 heteroatoms. The number of hydrogen-bond donors (Lipinski definition) is 1. The molecule has 1 unspecified atom stereocenters. The Balaban J connectivity index is 1.87. The number of piperidine rings is 1. The molecule has 1 aromatic carbocycles. The van der Waals surface area contributed by atoms with Crippen LogP contribution in [0.4, 0.5) is 0 Å². The van der Waals surface area contributed by atoms with Crippen molar-refractivity contribution in [3.63, 3.8) is 0 Å². The van der Waals surface area contributed by atoms with Crippen LogP contribution < -0.4 is 5.32 Å². The molecular formula is C16H26N2. The third-order valence-electron chi connectivity index (χ3n) is 3.83. The Kier molecular flexibility index (Phi) is 4.79. The van der Waals surface area contributed by atoms with Gasteiger partial charge in [0.25, 0.3) is 0 Å². The fraction of sp³-hybridized carbons (Fsp3) is 0.625. The molecule has 100 valence electrons. The lowest BCUT2D eigenvalue weighted by Gasteiger charge is -2.32. The molecule has 0 bridgehead atoms. The van der Waals surface area contributed by atoms with E-state index in [-0.39, 0.29) is 0 Å². The predicted molar refractivity (Wildman–Crippen MR) is 77.9 cm³/mol. The van der Waals surface area contributed by atoms with Crippen molar-refractivity contribution in [1.29, 1.82) is 0 Å². The summed E-state index contributed by atoms with van der Waals surface area (Å²) in [7, 11) is 0. The summed E-state index contributed by atoms with van der Waals surface area (Å²) in [5.74, 6) is 0. The minimum atomic E-state index is 0.666. The van der Waals surface area contributed by atoms with Crippen LogP contribution in [-0.4, -0.2) is 30.6 Å². The lowest BCUT2D eigenvalue weighted by Crippen LogP contribution is -2.45. The highest BCUT2D eigenvalue weighted by Gasteiger charge is 2.17. The number of aryl methyl sites for hydroxylation is 2. The van der Waals surface area contributed by atoms with Gasteiger partial charge >= 0.3 is 0 Å². The zero-order valence-electron chi connectivity index (χ0n) is 12.0. The number of nitrogens with one attached hydrogen (secondary N) is 1. The zero-order chi connectivity index (χ0) is 13.0. The van der Waals surface area contributed by atoms with Gasteiger partial charge in [0.1, 0.15) is 0 Å².